The first-order chi connectivity index (χ1) is 12.1. The molecular formula is C18H22ClN5O. The number of nitrogens with zero attached hydrogens (tertiary/aromatic N) is 4. The Bertz CT molecular complexity index is 739. The van der Waals surface area contributed by atoms with E-state index in [0.29, 0.717) is 24.0 Å². The lowest BCUT2D eigenvalue weighted by atomic mass is 9.94. The fourth-order valence-corrected chi connectivity index (χ4v) is 4.02. The van der Waals surface area contributed by atoms with Crippen LogP contribution in [0.1, 0.15) is 36.6 Å². The van der Waals surface area contributed by atoms with Crippen LogP contribution in [-0.4, -0.2) is 38.2 Å². The Morgan fingerprint density at radius 3 is 2.84 bits per heavy atom. The van der Waals surface area contributed by atoms with E-state index in [-0.39, 0.29) is 17.9 Å². The van der Waals surface area contributed by atoms with Crippen molar-refractivity contribution in [1.29, 1.82) is 0 Å². The molecule has 0 radical (unpaired) electrons. The van der Waals surface area contributed by atoms with Gasteiger partial charge in [0.25, 0.3) is 0 Å². The number of likely N-dealkylation sites (tertiary alicyclic amines) is 1. The number of halogens is 1. The van der Waals surface area contributed by atoms with Gasteiger partial charge in [0.2, 0.25) is 5.91 Å². The van der Waals surface area contributed by atoms with Crippen molar-refractivity contribution in [2.24, 2.45) is 13.0 Å². The zero-order chi connectivity index (χ0) is 17.4. The van der Waals surface area contributed by atoms with E-state index in [9.17, 15) is 4.79 Å². The van der Waals surface area contributed by atoms with Gasteiger partial charge in [-0.25, -0.2) is 0 Å². The number of carbonyl (C=O) groups excluding carboxylic acids is 1. The summed E-state index contributed by atoms with van der Waals surface area (Å²) in [5.41, 5.74) is 2.09. The van der Waals surface area contributed by atoms with Crippen LogP contribution < -0.4 is 5.32 Å². The van der Waals surface area contributed by atoms with Crippen molar-refractivity contribution in [3.8, 4) is 0 Å². The highest BCUT2D eigenvalue weighted by Gasteiger charge is 2.46. The lowest BCUT2D eigenvalue weighted by Gasteiger charge is -2.28. The molecule has 2 fully saturated rings. The second kappa shape index (κ2) is 6.77. The molecule has 1 N–H and O–H groups in total. The summed E-state index contributed by atoms with van der Waals surface area (Å²) in [5.74, 6) is 0.506. The number of hydrogen-bond donors (Lipinski definition) is 1. The lowest BCUT2D eigenvalue weighted by molar-refractivity contribution is -0.129. The van der Waals surface area contributed by atoms with E-state index in [4.69, 9.17) is 11.6 Å². The van der Waals surface area contributed by atoms with Crippen LogP contribution in [0.2, 0.25) is 5.02 Å². The monoisotopic (exact) mass is 359 g/mol. The summed E-state index contributed by atoms with van der Waals surface area (Å²) in [6, 6.07) is 4.55. The minimum Gasteiger partial charge on any atom is -0.332 e. The summed E-state index contributed by atoms with van der Waals surface area (Å²) < 4.78 is 1.78. The largest absolute Gasteiger partial charge is 0.332 e. The van der Waals surface area contributed by atoms with Crippen molar-refractivity contribution < 1.29 is 4.79 Å². The fraction of sp³-hybridized carbons (Fsp3) is 0.500. The molecule has 2 aliphatic rings. The molecule has 1 saturated carbocycles. The molecule has 1 aliphatic heterocycles. The van der Waals surface area contributed by atoms with Crippen molar-refractivity contribution in [3.05, 3.63) is 47.0 Å². The van der Waals surface area contributed by atoms with Crippen LogP contribution in [0.25, 0.3) is 0 Å². The Morgan fingerprint density at radius 2 is 2.20 bits per heavy atom. The third-order valence-corrected chi connectivity index (χ3v) is 5.46. The molecule has 132 valence electrons. The summed E-state index contributed by atoms with van der Waals surface area (Å²) in [6.07, 6.45) is 8.15. The number of nitrogens with one attached hydrogen (secondary N) is 1. The van der Waals surface area contributed by atoms with Crippen molar-refractivity contribution in [3.63, 3.8) is 0 Å². The van der Waals surface area contributed by atoms with E-state index in [1.165, 1.54) is 0 Å². The second-order valence-electron chi connectivity index (χ2n) is 6.92. The van der Waals surface area contributed by atoms with Gasteiger partial charge in [-0.05, 0) is 24.5 Å². The predicted octanol–water partition coefficient (Wildman–Crippen LogP) is 2.31. The van der Waals surface area contributed by atoms with Crippen molar-refractivity contribution >= 4 is 17.5 Å². The van der Waals surface area contributed by atoms with Gasteiger partial charge in [-0.1, -0.05) is 17.7 Å². The first kappa shape index (κ1) is 16.5. The maximum absolute atomic E-state index is 12.6. The van der Waals surface area contributed by atoms with Crippen molar-refractivity contribution in [2.75, 3.05) is 6.54 Å². The Kier molecular flexibility index (Phi) is 4.48. The maximum Gasteiger partial charge on any atom is 0.223 e. The van der Waals surface area contributed by atoms with Crippen LogP contribution in [0, 0.1) is 5.92 Å². The summed E-state index contributed by atoms with van der Waals surface area (Å²) in [7, 11) is 1.88. The van der Waals surface area contributed by atoms with Gasteiger partial charge in [0.15, 0.2) is 0 Å². The van der Waals surface area contributed by atoms with E-state index in [2.05, 4.69) is 26.4 Å². The molecule has 0 unspecified atom stereocenters. The number of hydrogen-bond acceptors (Lipinski definition) is 4. The SMILES string of the molecule is Cn1ncc(Cl)c1CNC[C@@H]1CC(=O)N(C2CC2)[C@H]1c1cccnc1. The molecule has 3 heterocycles. The summed E-state index contributed by atoms with van der Waals surface area (Å²) in [4.78, 5) is 18.9. The lowest BCUT2D eigenvalue weighted by Crippen LogP contribution is -2.33. The van der Waals surface area contributed by atoms with E-state index in [0.717, 1.165) is 30.6 Å². The molecular weight excluding hydrogens is 338 g/mol. The molecule has 4 rings (SSSR count). The molecule has 1 saturated heterocycles. The summed E-state index contributed by atoms with van der Waals surface area (Å²) in [6.45, 7) is 1.40. The van der Waals surface area contributed by atoms with Gasteiger partial charge >= 0.3 is 0 Å². The number of amides is 1. The second-order valence-corrected chi connectivity index (χ2v) is 7.33. The highest BCUT2D eigenvalue weighted by Crippen LogP contribution is 2.44. The van der Waals surface area contributed by atoms with Crippen molar-refractivity contribution in [2.45, 2.75) is 37.9 Å². The Hall–Kier alpha value is -1.92. The van der Waals surface area contributed by atoms with Crippen LogP contribution >= 0.6 is 11.6 Å². The van der Waals surface area contributed by atoms with Crippen LogP contribution in [-0.2, 0) is 18.4 Å². The van der Waals surface area contributed by atoms with Gasteiger partial charge < -0.3 is 10.2 Å². The average Bonchev–Trinajstić information content (AvgIpc) is 3.33. The molecule has 0 aromatic carbocycles. The number of carbonyl (C=O) groups is 1. The van der Waals surface area contributed by atoms with Crippen LogP contribution in [0.3, 0.4) is 0 Å². The third kappa shape index (κ3) is 3.28. The highest BCUT2D eigenvalue weighted by molar-refractivity contribution is 6.31. The van der Waals surface area contributed by atoms with Crippen LogP contribution in [0.5, 0.6) is 0 Å². The van der Waals surface area contributed by atoms with Crippen molar-refractivity contribution in [1.82, 2.24) is 25.0 Å². The number of aromatic nitrogens is 3. The minimum atomic E-state index is 0.114. The van der Waals surface area contributed by atoms with Gasteiger partial charge in [-0.3, -0.25) is 14.5 Å². The topological polar surface area (TPSA) is 63.1 Å². The first-order valence-electron chi connectivity index (χ1n) is 8.73. The van der Waals surface area contributed by atoms with Gasteiger partial charge in [-0.15, -0.1) is 0 Å². The quantitative estimate of drug-likeness (QED) is 0.859. The Labute approximate surface area is 152 Å². The number of pyridine rings is 1. The predicted molar refractivity (Wildman–Crippen MR) is 94.9 cm³/mol. The van der Waals surface area contributed by atoms with E-state index < -0.39 is 0 Å². The molecule has 1 aliphatic carbocycles. The van der Waals surface area contributed by atoms with Gasteiger partial charge in [0, 0.05) is 50.9 Å². The van der Waals surface area contributed by atoms with E-state index >= 15 is 0 Å². The third-order valence-electron chi connectivity index (χ3n) is 5.15. The first-order valence-corrected chi connectivity index (χ1v) is 9.11. The molecule has 2 aromatic rings. The van der Waals surface area contributed by atoms with E-state index in [1.807, 2.05) is 19.3 Å². The standard InChI is InChI=1S/C18H22ClN5O/c1-23-16(15(19)10-22-23)11-21-9-13-7-17(25)24(14-4-5-14)18(13)12-3-2-6-20-8-12/h2-3,6,8,10,13-14,18,21H,4-5,7,9,11H2,1H3/t13-,18-/m0/s1. The average molecular weight is 360 g/mol. The minimum absolute atomic E-state index is 0.114. The Morgan fingerprint density at radius 1 is 1.36 bits per heavy atom. The van der Waals surface area contributed by atoms with Gasteiger partial charge in [-0.2, -0.15) is 5.10 Å². The smallest absolute Gasteiger partial charge is 0.223 e. The Balaban J connectivity index is 1.48. The molecule has 25 heavy (non-hydrogen) atoms. The van der Waals surface area contributed by atoms with E-state index in [1.54, 1.807) is 17.1 Å². The molecule has 6 nitrogen and oxygen atoms in total. The zero-order valence-corrected chi connectivity index (χ0v) is 15.0. The molecule has 0 spiro atoms. The normalized spacial score (nSPS) is 23.4. The summed E-state index contributed by atoms with van der Waals surface area (Å²) >= 11 is 6.17. The fourth-order valence-electron chi connectivity index (χ4n) is 3.79. The molecule has 1 amide bonds. The number of aryl methyl sites for hydroxylation is 1. The molecule has 7 heteroatoms. The highest BCUT2D eigenvalue weighted by atomic mass is 35.5. The van der Waals surface area contributed by atoms with Crippen LogP contribution in [0.15, 0.2) is 30.7 Å². The molecule has 0 bridgehead atoms. The maximum atomic E-state index is 12.6. The molecule has 2 aromatic heterocycles. The van der Waals surface area contributed by atoms with Gasteiger partial charge in [0.1, 0.15) is 0 Å². The van der Waals surface area contributed by atoms with Gasteiger partial charge in [0.05, 0.1) is 23.0 Å². The molecule has 2 atom stereocenters. The summed E-state index contributed by atoms with van der Waals surface area (Å²) in [5, 5.41) is 8.29. The van der Waals surface area contributed by atoms with Crippen LogP contribution in [0.4, 0.5) is 0 Å². The number of rotatable bonds is 6. The zero-order valence-electron chi connectivity index (χ0n) is 14.2.